The molecule has 0 bridgehead atoms. The Balaban J connectivity index is 2.21. The number of carbonyl (C=O) groups excluding carboxylic acids is 1. The van der Waals surface area contributed by atoms with E-state index >= 15 is 0 Å². The van der Waals surface area contributed by atoms with E-state index in [1.807, 2.05) is 17.9 Å². The molecule has 3 nitrogen and oxygen atoms in total. The first kappa shape index (κ1) is 12.9. The van der Waals surface area contributed by atoms with Crippen molar-refractivity contribution in [3.8, 4) is 0 Å². The molecule has 0 aliphatic carbocycles. The number of nitrogens with two attached hydrogens (primary N) is 1. The molecule has 1 unspecified atom stereocenters. The minimum absolute atomic E-state index is 0.228. The summed E-state index contributed by atoms with van der Waals surface area (Å²) in [6, 6.07) is 4.06. The van der Waals surface area contributed by atoms with Gasteiger partial charge >= 0.3 is 0 Å². The second-order valence-corrected chi connectivity index (χ2v) is 5.35. The third-order valence-electron chi connectivity index (χ3n) is 3.88. The van der Waals surface area contributed by atoms with Gasteiger partial charge in [-0.1, -0.05) is 26.3 Å². The Morgan fingerprint density at radius 3 is 2.89 bits per heavy atom. The van der Waals surface area contributed by atoms with E-state index in [1.54, 1.807) is 0 Å². The van der Waals surface area contributed by atoms with E-state index in [1.165, 1.54) is 5.56 Å². The molecule has 1 aliphatic rings. The fourth-order valence-electron chi connectivity index (χ4n) is 2.39. The molecule has 0 aromatic heterocycles. The van der Waals surface area contributed by atoms with Gasteiger partial charge in [0.25, 0.3) is 0 Å². The van der Waals surface area contributed by atoms with Crippen LogP contribution in [0.25, 0.3) is 0 Å². The van der Waals surface area contributed by atoms with Gasteiger partial charge in [0.1, 0.15) is 0 Å². The van der Waals surface area contributed by atoms with Crippen molar-refractivity contribution in [1.29, 1.82) is 0 Å². The molecule has 18 heavy (non-hydrogen) atoms. The van der Waals surface area contributed by atoms with Crippen molar-refractivity contribution in [2.45, 2.75) is 40.0 Å². The third kappa shape index (κ3) is 2.35. The monoisotopic (exact) mass is 246 g/mol. The number of hydrogen-bond acceptors (Lipinski definition) is 2. The fraction of sp³-hybridized carbons (Fsp3) is 0.533. The van der Waals surface area contributed by atoms with Crippen LogP contribution in [0.3, 0.4) is 0 Å². The number of benzene rings is 1. The van der Waals surface area contributed by atoms with E-state index in [9.17, 15) is 4.79 Å². The van der Waals surface area contributed by atoms with Crippen molar-refractivity contribution < 1.29 is 4.79 Å². The molecule has 0 radical (unpaired) electrons. The van der Waals surface area contributed by atoms with Crippen LogP contribution in [0.15, 0.2) is 12.1 Å². The molecule has 2 rings (SSSR count). The number of rotatable bonds is 3. The molecule has 98 valence electrons. The Hall–Kier alpha value is -1.51. The average molecular weight is 246 g/mol. The maximum absolute atomic E-state index is 12.3. The summed E-state index contributed by atoms with van der Waals surface area (Å²) >= 11 is 0. The molecule has 1 aliphatic heterocycles. The number of nitrogens with zero attached hydrogens (tertiary/aromatic N) is 1. The highest BCUT2D eigenvalue weighted by atomic mass is 16.2. The van der Waals surface area contributed by atoms with Gasteiger partial charge in [-0.3, -0.25) is 4.79 Å². The first-order valence-electron chi connectivity index (χ1n) is 6.72. The summed E-state index contributed by atoms with van der Waals surface area (Å²) in [5.74, 6) is 0.677. The highest BCUT2D eigenvalue weighted by molar-refractivity contribution is 5.96. The SMILES string of the molecule is CCC(C)CC(=O)N1CCc2cc(C)c(N)cc21. The van der Waals surface area contributed by atoms with Crippen molar-refractivity contribution >= 4 is 17.3 Å². The molecule has 0 saturated carbocycles. The van der Waals surface area contributed by atoms with E-state index in [0.717, 1.165) is 36.3 Å². The fourth-order valence-corrected chi connectivity index (χ4v) is 2.39. The molecule has 0 fully saturated rings. The number of nitrogen functional groups attached to an aromatic ring is 1. The molecule has 3 heteroatoms. The lowest BCUT2D eigenvalue weighted by atomic mass is 10.0. The van der Waals surface area contributed by atoms with Gasteiger partial charge in [-0.2, -0.15) is 0 Å². The maximum Gasteiger partial charge on any atom is 0.227 e. The third-order valence-corrected chi connectivity index (χ3v) is 3.88. The molecule has 1 amide bonds. The molecule has 0 spiro atoms. The molecular weight excluding hydrogens is 224 g/mol. The molecule has 0 saturated heterocycles. The largest absolute Gasteiger partial charge is 0.398 e. The van der Waals surface area contributed by atoms with Gasteiger partial charge in [0.15, 0.2) is 0 Å². The van der Waals surface area contributed by atoms with Gasteiger partial charge in [0.2, 0.25) is 5.91 Å². The Kier molecular flexibility index (Phi) is 3.60. The van der Waals surface area contributed by atoms with Crippen LogP contribution in [0.1, 0.15) is 37.8 Å². The van der Waals surface area contributed by atoms with Gasteiger partial charge in [-0.15, -0.1) is 0 Å². The lowest BCUT2D eigenvalue weighted by molar-refractivity contribution is -0.119. The van der Waals surface area contributed by atoms with Crippen LogP contribution < -0.4 is 10.6 Å². The number of amides is 1. The highest BCUT2D eigenvalue weighted by Gasteiger charge is 2.25. The zero-order valence-electron chi connectivity index (χ0n) is 11.5. The summed E-state index contributed by atoms with van der Waals surface area (Å²) in [7, 11) is 0. The zero-order valence-corrected chi connectivity index (χ0v) is 11.5. The predicted molar refractivity (Wildman–Crippen MR) is 75.7 cm³/mol. The average Bonchev–Trinajstić information content (AvgIpc) is 2.72. The first-order valence-corrected chi connectivity index (χ1v) is 6.72. The zero-order chi connectivity index (χ0) is 13.3. The van der Waals surface area contributed by atoms with Crippen molar-refractivity contribution in [3.05, 3.63) is 23.3 Å². The van der Waals surface area contributed by atoms with Crippen LogP contribution in [0.4, 0.5) is 11.4 Å². The summed E-state index contributed by atoms with van der Waals surface area (Å²) in [6.45, 7) is 7.06. The topological polar surface area (TPSA) is 46.3 Å². The second-order valence-electron chi connectivity index (χ2n) is 5.35. The molecular formula is C15H22N2O. The molecule has 1 aromatic rings. The molecule has 1 atom stereocenters. The van der Waals surface area contributed by atoms with Gasteiger partial charge in [0, 0.05) is 24.3 Å². The number of aryl methyl sites for hydroxylation is 1. The van der Waals surface area contributed by atoms with Crippen LogP contribution >= 0.6 is 0 Å². The Bertz CT molecular complexity index is 468. The minimum atomic E-state index is 0.228. The van der Waals surface area contributed by atoms with Crippen LogP contribution in [-0.2, 0) is 11.2 Å². The van der Waals surface area contributed by atoms with E-state index < -0.39 is 0 Å². The van der Waals surface area contributed by atoms with Gasteiger partial charge in [0.05, 0.1) is 0 Å². The summed E-state index contributed by atoms with van der Waals surface area (Å²) in [5.41, 5.74) is 10.1. The van der Waals surface area contributed by atoms with E-state index in [2.05, 4.69) is 19.9 Å². The normalized spacial score (nSPS) is 15.6. The maximum atomic E-state index is 12.3. The van der Waals surface area contributed by atoms with Crippen LogP contribution in [0.2, 0.25) is 0 Å². The van der Waals surface area contributed by atoms with Gasteiger partial charge < -0.3 is 10.6 Å². The summed E-state index contributed by atoms with van der Waals surface area (Å²) in [4.78, 5) is 14.2. The van der Waals surface area contributed by atoms with Gasteiger partial charge in [-0.05, 0) is 36.5 Å². The molecule has 2 N–H and O–H groups in total. The molecule has 1 heterocycles. The highest BCUT2D eigenvalue weighted by Crippen LogP contribution is 2.32. The lowest BCUT2D eigenvalue weighted by Crippen LogP contribution is -2.30. The number of carbonyl (C=O) groups is 1. The number of anilines is 2. The van der Waals surface area contributed by atoms with Gasteiger partial charge in [-0.25, -0.2) is 0 Å². The summed E-state index contributed by atoms with van der Waals surface area (Å²) < 4.78 is 0. The Morgan fingerprint density at radius 1 is 1.50 bits per heavy atom. The summed E-state index contributed by atoms with van der Waals surface area (Å²) in [6.07, 6.45) is 2.62. The van der Waals surface area contributed by atoms with Crippen LogP contribution in [-0.4, -0.2) is 12.5 Å². The number of fused-ring (bicyclic) bond motifs is 1. The minimum Gasteiger partial charge on any atom is -0.398 e. The first-order chi connectivity index (χ1) is 8.52. The summed E-state index contributed by atoms with van der Waals surface area (Å²) in [5, 5.41) is 0. The van der Waals surface area contributed by atoms with Crippen LogP contribution in [0, 0.1) is 12.8 Å². The van der Waals surface area contributed by atoms with Crippen molar-refractivity contribution in [1.82, 2.24) is 0 Å². The quantitative estimate of drug-likeness (QED) is 0.833. The van der Waals surface area contributed by atoms with E-state index in [0.29, 0.717) is 12.3 Å². The second kappa shape index (κ2) is 5.01. The van der Waals surface area contributed by atoms with E-state index in [-0.39, 0.29) is 5.91 Å². The number of hydrogen-bond donors (Lipinski definition) is 1. The van der Waals surface area contributed by atoms with Crippen molar-refractivity contribution in [2.24, 2.45) is 5.92 Å². The standard InChI is InChI=1S/C15H22N2O/c1-4-10(2)7-15(18)17-6-5-12-8-11(3)13(16)9-14(12)17/h8-10H,4-7,16H2,1-3H3. The Morgan fingerprint density at radius 2 is 2.22 bits per heavy atom. The van der Waals surface area contributed by atoms with Crippen molar-refractivity contribution in [2.75, 3.05) is 17.2 Å². The lowest BCUT2D eigenvalue weighted by Gasteiger charge is -2.20. The predicted octanol–water partition coefficient (Wildman–Crippen LogP) is 2.90. The van der Waals surface area contributed by atoms with Crippen LogP contribution in [0.5, 0.6) is 0 Å². The Labute approximate surface area is 109 Å². The molecule has 1 aromatic carbocycles. The van der Waals surface area contributed by atoms with E-state index in [4.69, 9.17) is 5.73 Å². The smallest absolute Gasteiger partial charge is 0.227 e. The van der Waals surface area contributed by atoms with Crippen molar-refractivity contribution in [3.63, 3.8) is 0 Å².